The van der Waals surface area contributed by atoms with Crippen LogP contribution in [0.3, 0.4) is 0 Å². The summed E-state index contributed by atoms with van der Waals surface area (Å²) in [5.41, 5.74) is 0. The highest BCUT2D eigenvalue weighted by Gasteiger charge is 2.40. The molecule has 0 spiro atoms. The van der Waals surface area contributed by atoms with E-state index in [0.717, 1.165) is 58.3 Å². The van der Waals surface area contributed by atoms with Crippen LogP contribution in [0.2, 0.25) is 0 Å². The molecule has 2 fully saturated rings. The lowest BCUT2D eigenvalue weighted by Crippen LogP contribution is -2.57. The number of rotatable bonds is 5. The fraction of sp³-hybridized carbons (Fsp3) is 0.938. The van der Waals surface area contributed by atoms with Crippen molar-refractivity contribution in [3.8, 4) is 0 Å². The number of guanidine groups is 1. The third-order valence-corrected chi connectivity index (χ3v) is 7.21. The van der Waals surface area contributed by atoms with Crippen LogP contribution >= 0.6 is 0 Å². The largest absolute Gasteiger partial charge is 0.379 e. The molecular formula is C16H32N4O3S. The fourth-order valence-electron chi connectivity index (χ4n) is 3.05. The average Bonchev–Trinajstić information content (AvgIpc) is 2.54. The molecule has 24 heavy (non-hydrogen) atoms. The number of nitrogens with zero attached hydrogens (tertiary/aromatic N) is 3. The third-order valence-electron chi connectivity index (χ3n) is 4.68. The zero-order chi connectivity index (χ0) is 17.6. The zero-order valence-corrected chi connectivity index (χ0v) is 16.1. The van der Waals surface area contributed by atoms with Crippen molar-refractivity contribution >= 4 is 15.8 Å². The number of hydrogen-bond acceptors (Lipinski definition) is 5. The van der Waals surface area contributed by atoms with Gasteiger partial charge in [-0.3, -0.25) is 9.89 Å². The molecule has 2 rings (SSSR count). The van der Waals surface area contributed by atoms with E-state index in [1.165, 1.54) is 0 Å². The first kappa shape index (κ1) is 19.5. The van der Waals surface area contributed by atoms with Crippen LogP contribution < -0.4 is 5.32 Å². The standard InChI is InChI=1S/C16H32N4O3S/c1-4-17-15(18-6-5-7-19-8-11-23-12-9-19)20-10-13-24(21,22)16(2,3)14-20/h4-14H2,1-3H3,(H,17,18). The second kappa shape index (κ2) is 8.49. The summed E-state index contributed by atoms with van der Waals surface area (Å²) in [6, 6.07) is 0. The highest BCUT2D eigenvalue weighted by Crippen LogP contribution is 2.23. The van der Waals surface area contributed by atoms with Gasteiger partial charge in [0.1, 0.15) is 0 Å². The highest BCUT2D eigenvalue weighted by atomic mass is 32.2. The summed E-state index contributed by atoms with van der Waals surface area (Å²) in [5, 5.41) is 3.30. The maximum absolute atomic E-state index is 12.2. The lowest BCUT2D eigenvalue weighted by molar-refractivity contribution is 0.0377. The Hall–Kier alpha value is -0.860. The molecule has 0 aromatic heterocycles. The van der Waals surface area contributed by atoms with Crippen molar-refractivity contribution in [3.05, 3.63) is 0 Å². The SMILES string of the molecule is CCNC(=NCCCN1CCOCC1)N1CCS(=O)(=O)C(C)(C)C1. The number of morpholine rings is 1. The zero-order valence-electron chi connectivity index (χ0n) is 15.3. The van der Waals surface area contributed by atoms with Gasteiger partial charge in [-0.1, -0.05) is 0 Å². The molecular weight excluding hydrogens is 328 g/mol. The molecule has 0 unspecified atom stereocenters. The van der Waals surface area contributed by atoms with Gasteiger partial charge in [0.2, 0.25) is 0 Å². The van der Waals surface area contributed by atoms with Gasteiger partial charge in [-0.25, -0.2) is 8.42 Å². The van der Waals surface area contributed by atoms with Crippen molar-refractivity contribution in [2.45, 2.75) is 31.9 Å². The van der Waals surface area contributed by atoms with Crippen molar-refractivity contribution in [1.29, 1.82) is 0 Å². The van der Waals surface area contributed by atoms with E-state index in [9.17, 15) is 8.42 Å². The first-order valence-electron chi connectivity index (χ1n) is 8.91. The second-order valence-corrected chi connectivity index (χ2v) is 9.79. The molecule has 0 saturated carbocycles. The molecule has 2 heterocycles. The van der Waals surface area contributed by atoms with Gasteiger partial charge in [0.25, 0.3) is 0 Å². The molecule has 0 amide bonds. The van der Waals surface area contributed by atoms with Crippen LogP contribution in [0.4, 0.5) is 0 Å². The quantitative estimate of drug-likeness (QED) is 0.428. The van der Waals surface area contributed by atoms with E-state index >= 15 is 0 Å². The van der Waals surface area contributed by atoms with Crippen LogP contribution in [-0.2, 0) is 14.6 Å². The van der Waals surface area contributed by atoms with Gasteiger partial charge in [0.15, 0.2) is 15.8 Å². The number of sulfone groups is 1. The first-order valence-corrected chi connectivity index (χ1v) is 10.6. The van der Waals surface area contributed by atoms with Crippen molar-refractivity contribution in [3.63, 3.8) is 0 Å². The Balaban J connectivity index is 1.88. The molecule has 8 heteroatoms. The Kier molecular flexibility index (Phi) is 6.88. The molecule has 2 aliphatic heterocycles. The van der Waals surface area contributed by atoms with E-state index in [-0.39, 0.29) is 5.75 Å². The topological polar surface area (TPSA) is 74.2 Å². The van der Waals surface area contributed by atoms with Gasteiger partial charge < -0.3 is 15.0 Å². The van der Waals surface area contributed by atoms with Crippen LogP contribution in [0.25, 0.3) is 0 Å². The minimum absolute atomic E-state index is 0.193. The maximum atomic E-state index is 12.2. The Morgan fingerprint density at radius 3 is 2.58 bits per heavy atom. The molecule has 1 N–H and O–H groups in total. The summed E-state index contributed by atoms with van der Waals surface area (Å²) in [4.78, 5) is 9.20. The minimum atomic E-state index is -3.03. The fourth-order valence-corrected chi connectivity index (χ4v) is 4.42. The lowest BCUT2D eigenvalue weighted by Gasteiger charge is -2.39. The summed E-state index contributed by atoms with van der Waals surface area (Å²) in [5.74, 6) is 1.03. The van der Waals surface area contributed by atoms with E-state index in [4.69, 9.17) is 9.73 Å². The summed E-state index contributed by atoms with van der Waals surface area (Å²) in [7, 11) is -3.03. The number of aliphatic imine (C=N–C) groups is 1. The second-order valence-electron chi connectivity index (χ2n) is 7.04. The van der Waals surface area contributed by atoms with Crippen molar-refractivity contribution < 1.29 is 13.2 Å². The molecule has 0 radical (unpaired) electrons. The summed E-state index contributed by atoms with van der Waals surface area (Å²) in [6.07, 6.45) is 1.00. The Morgan fingerprint density at radius 2 is 1.96 bits per heavy atom. The van der Waals surface area contributed by atoms with Gasteiger partial charge in [0, 0.05) is 45.8 Å². The summed E-state index contributed by atoms with van der Waals surface area (Å²) < 4.78 is 29.0. The molecule has 2 saturated heterocycles. The molecule has 140 valence electrons. The maximum Gasteiger partial charge on any atom is 0.193 e. The van der Waals surface area contributed by atoms with Crippen molar-refractivity contribution in [1.82, 2.24) is 15.1 Å². The van der Waals surface area contributed by atoms with E-state index < -0.39 is 14.6 Å². The Morgan fingerprint density at radius 1 is 1.25 bits per heavy atom. The molecule has 0 aromatic rings. The lowest BCUT2D eigenvalue weighted by atomic mass is 10.2. The molecule has 2 aliphatic rings. The number of ether oxygens (including phenoxy) is 1. The highest BCUT2D eigenvalue weighted by molar-refractivity contribution is 7.92. The van der Waals surface area contributed by atoms with Crippen LogP contribution in [0.5, 0.6) is 0 Å². The predicted molar refractivity (Wildman–Crippen MR) is 97.3 cm³/mol. The first-order chi connectivity index (χ1) is 11.4. The van der Waals surface area contributed by atoms with Crippen molar-refractivity contribution in [2.75, 3.05) is 64.8 Å². The molecule has 7 nitrogen and oxygen atoms in total. The van der Waals surface area contributed by atoms with E-state index in [2.05, 4.69) is 15.1 Å². The molecule has 0 bridgehead atoms. The van der Waals surface area contributed by atoms with E-state index in [1.54, 1.807) is 13.8 Å². The monoisotopic (exact) mass is 360 g/mol. The van der Waals surface area contributed by atoms with Crippen LogP contribution in [-0.4, -0.2) is 93.7 Å². The number of nitrogens with one attached hydrogen (secondary N) is 1. The van der Waals surface area contributed by atoms with Gasteiger partial charge in [-0.05, 0) is 27.2 Å². The average molecular weight is 361 g/mol. The van der Waals surface area contributed by atoms with Crippen LogP contribution in [0, 0.1) is 0 Å². The van der Waals surface area contributed by atoms with E-state index in [0.29, 0.717) is 13.1 Å². The third kappa shape index (κ3) is 5.07. The Bertz CT molecular complexity index is 527. The van der Waals surface area contributed by atoms with Gasteiger partial charge in [-0.15, -0.1) is 0 Å². The van der Waals surface area contributed by atoms with Crippen LogP contribution in [0.15, 0.2) is 4.99 Å². The van der Waals surface area contributed by atoms with Crippen molar-refractivity contribution in [2.24, 2.45) is 4.99 Å². The minimum Gasteiger partial charge on any atom is -0.379 e. The summed E-state index contributed by atoms with van der Waals surface area (Å²) in [6.45, 7) is 12.9. The molecule has 0 aliphatic carbocycles. The molecule has 0 atom stereocenters. The van der Waals surface area contributed by atoms with Crippen LogP contribution in [0.1, 0.15) is 27.2 Å². The smallest absolute Gasteiger partial charge is 0.193 e. The number of hydrogen-bond donors (Lipinski definition) is 1. The van der Waals surface area contributed by atoms with Gasteiger partial charge in [-0.2, -0.15) is 0 Å². The Labute approximate surface area is 146 Å². The molecule has 0 aromatic carbocycles. The normalized spacial score (nSPS) is 24.8. The predicted octanol–water partition coefficient (Wildman–Crippen LogP) is 0.183. The summed E-state index contributed by atoms with van der Waals surface area (Å²) >= 11 is 0. The van der Waals surface area contributed by atoms with Gasteiger partial charge >= 0.3 is 0 Å². The van der Waals surface area contributed by atoms with E-state index in [1.807, 2.05) is 6.92 Å². The van der Waals surface area contributed by atoms with Gasteiger partial charge in [0.05, 0.1) is 23.7 Å².